The molecule has 0 aliphatic heterocycles. The van der Waals surface area contributed by atoms with Gasteiger partial charge in [-0.1, -0.05) is 0 Å². The first-order chi connectivity index (χ1) is 11.8. The Labute approximate surface area is 151 Å². The van der Waals surface area contributed by atoms with Crippen LogP contribution in [0.15, 0.2) is 18.2 Å². The molecule has 0 fully saturated rings. The number of nitrogens with zero attached hydrogens (tertiary/aromatic N) is 1. The van der Waals surface area contributed by atoms with Crippen molar-refractivity contribution in [2.75, 3.05) is 20.3 Å². The van der Waals surface area contributed by atoms with Crippen LogP contribution in [0.2, 0.25) is 0 Å². The van der Waals surface area contributed by atoms with Crippen LogP contribution in [-0.2, 0) is 9.53 Å². The minimum Gasteiger partial charge on any atom is -0.481 e. The van der Waals surface area contributed by atoms with Gasteiger partial charge in [-0.25, -0.2) is 0 Å². The second kappa shape index (κ2) is 10.4. The van der Waals surface area contributed by atoms with Crippen molar-refractivity contribution in [2.45, 2.75) is 26.4 Å². The van der Waals surface area contributed by atoms with Gasteiger partial charge in [-0.15, -0.1) is 0 Å². The lowest BCUT2D eigenvalue weighted by Crippen LogP contribution is -2.50. The average molecular weight is 370 g/mol. The Morgan fingerprint density at radius 3 is 2.72 bits per heavy atom. The van der Waals surface area contributed by atoms with Crippen LogP contribution in [0.5, 0.6) is 5.75 Å². The molecule has 1 aromatic carbocycles. The predicted octanol–water partition coefficient (Wildman–Crippen LogP) is 1.20. The Kier molecular flexibility index (Phi) is 8.57. The van der Waals surface area contributed by atoms with E-state index < -0.39 is 16.9 Å². The number of methoxy groups -OCH3 is 1. The smallest absolute Gasteiger partial charge is 0.279 e. The molecule has 0 aromatic heterocycles. The van der Waals surface area contributed by atoms with E-state index in [0.717, 1.165) is 6.42 Å². The van der Waals surface area contributed by atoms with Crippen molar-refractivity contribution >= 4 is 28.9 Å². The Balaban J connectivity index is 2.42. The number of nitro benzene ring substituents is 1. The van der Waals surface area contributed by atoms with E-state index in [1.165, 1.54) is 18.2 Å². The van der Waals surface area contributed by atoms with Crippen LogP contribution in [-0.4, -0.2) is 42.3 Å². The molecule has 0 aliphatic rings. The monoisotopic (exact) mass is 370 g/mol. The highest BCUT2D eigenvalue weighted by atomic mass is 32.1. The molecule has 0 heterocycles. The van der Waals surface area contributed by atoms with Crippen molar-refractivity contribution < 1.29 is 19.2 Å². The maximum absolute atomic E-state index is 12.0. The highest BCUT2D eigenvalue weighted by molar-refractivity contribution is 7.80. The van der Waals surface area contributed by atoms with E-state index >= 15 is 0 Å². The van der Waals surface area contributed by atoms with Gasteiger partial charge < -0.3 is 14.8 Å². The Bertz CT molecular complexity index is 626. The summed E-state index contributed by atoms with van der Waals surface area (Å²) in [4.78, 5) is 22.3. The number of hydrogen-bond donors (Lipinski definition) is 3. The minimum atomic E-state index is -0.815. The molecule has 138 valence electrons. The standard InChI is InChI=1S/C15H22N4O5S/c1-10-9-12(5-6-13(10)19(21)22)24-11(2)14(20)17-18-15(25)16-7-4-8-23-3/h5-6,9,11H,4,7-8H2,1-3H3,(H,17,20)(H2,16,18,25)/t11-/m0/s1. The molecule has 0 saturated carbocycles. The van der Waals surface area contributed by atoms with Crippen molar-refractivity contribution in [1.82, 2.24) is 16.2 Å². The van der Waals surface area contributed by atoms with E-state index in [1.54, 1.807) is 21.0 Å². The molecule has 3 N–H and O–H groups in total. The van der Waals surface area contributed by atoms with Gasteiger partial charge in [0.1, 0.15) is 5.75 Å². The van der Waals surface area contributed by atoms with Gasteiger partial charge in [0.25, 0.3) is 11.6 Å². The molecule has 1 atom stereocenters. The number of hydrogen-bond acceptors (Lipinski definition) is 6. The zero-order chi connectivity index (χ0) is 18.8. The van der Waals surface area contributed by atoms with Crippen molar-refractivity contribution in [1.29, 1.82) is 0 Å². The quantitative estimate of drug-likeness (QED) is 0.271. The highest BCUT2D eigenvalue weighted by Crippen LogP contribution is 2.23. The number of rotatable bonds is 8. The molecule has 10 heteroatoms. The molecule has 1 rings (SSSR count). The van der Waals surface area contributed by atoms with Gasteiger partial charge in [0.15, 0.2) is 11.2 Å². The first-order valence-electron chi connectivity index (χ1n) is 7.59. The average Bonchev–Trinajstić information content (AvgIpc) is 2.56. The summed E-state index contributed by atoms with van der Waals surface area (Å²) in [6.07, 6.45) is -0.0321. The molecule has 0 bridgehead atoms. The number of benzene rings is 1. The Morgan fingerprint density at radius 1 is 1.40 bits per heavy atom. The number of nitro groups is 1. The first-order valence-corrected chi connectivity index (χ1v) is 8.00. The summed E-state index contributed by atoms with van der Waals surface area (Å²) in [7, 11) is 1.62. The van der Waals surface area contributed by atoms with Gasteiger partial charge >= 0.3 is 0 Å². The highest BCUT2D eigenvalue weighted by Gasteiger charge is 2.17. The summed E-state index contributed by atoms with van der Waals surface area (Å²) in [5, 5.41) is 14.0. The zero-order valence-corrected chi connectivity index (χ0v) is 15.1. The van der Waals surface area contributed by atoms with Crippen LogP contribution in [0, 0.1) is 17.0 Å². The van der Waals surface area contributed by atoms with Crippen LogP contribution in [0.25, 0.3) is 0 Å². The summed E-state index contributed by atoms with van der Waals surface area (Å²) >= 11 is 5.01. The van der Waals surface area contributed by atoms with Crippen LogP contribution in [0.4, 0.5) is 5.69 Å². The summed E-state index contributed by atoms with van der Waals surface area (Å²) in [5.74, 6) is -0.0666. The molecule has 0 radical (unpaired) electrons. The molecule has 25 heavy (non-hydrogen) atoms. The first kappa shape index (κ1) is 20.6. The molecule has 1 aromatic rings. The summed E-state index contributed by atoms with van der Waals surface area (Å²) in [6.45, 7) is 4.39. The molecular weight excluding hydrogens is 348 g/mol. The predicted molar refractivity (Wildman–Crippen MR) is 96.3 cm³/mol. The number of hydrazine groups is 1. The van der Waals surface area contributed by atoms with E-state index in [-0.39, 0.29) is 10.8 Å². The number of thiocarbonyl (C=S) groups is 1. The van der Waals surface area contributed by atoms with Crippen LogP contribution in [0.3, 0.4) is 0 Å². The summed E-state index contributed by atoms with van der Waals surface area (Å²) < 4.78 is 10.4. The van der Waals surface area contributed by atoms with Crippen molar-refractivity contribution in [2.24, 2.45) is 0 Å². The molecule has 0 spiro atoms. The van der Waals surface area contributed by atoms with Gasteiger partial charge in [-0.3, -0.25) is 25.8 Å². The Morgan fingerprint density at radius 2 is 2.12 bits per heavy atom. The van der Waals surface area contributed by atoms with Crippen molar-refractivity contribution in [3.63, 3.8) is 0 Å². The summed E-state index contributed by atoms with van der Waals surface area (Å²) in [6, 6.07) is 4.30. The number of amides is 1. The fraction of sp³-hybridized carbons (Fsp3) is 0.467. The number of aryl methyl sites for hydroxylation is 1. The number of ether oxygens (including phenoxy) is 2. The van der Waals surface area contributed by atoms with Crippen LogP contribution in [0.1, 0.15) is 18.9 Å². The maximum Gasteiger partial charge on any atom is 0.279 e. The fourth-order valence-corrected chi connectivity index (χ4v) is 2.00. The topological polar surface area (TPSA) is 115 Å². The van der Waals surface area contributed by atoms with E-state index in [4.69, 9.17) is 21.7 Å². The normalized spacial score (nSPS) is 11.3. The molecule has 9 nitrogen and oxygen atoms in total. The van der Waals surface area contributed by atoms with Crippen LogP contribution < -0.4 is 20.9 Å². The van der Waals surface area contributed by atoms with Gasteiger partial charge in [-0.2, -0.15) is 0 Å². The Hall–Kier alpha value is -2.46. The molecule has 0 aliphatic carbocycles. The zero-order valence-electron chi connectivity index (χ0n) is 14.3. The molecule has 0 saturated heterocycles. The third-order valence-electron chi connectivity index (χ3n) is 3.16. The van der Waals surface area contributed by atoms with Gasteiger partial charge in [0, 0.05) is 31.9 Å². The van der Waals surface area contributed by atoms with Crippen LogP contribution >= 0.6 is 12.2 Å². The van der Waals surface area contributed by atoms with Gasteiger partial charge in [0.2, 0.25) is 0 Å². The second-order valence-electron chi connectivity index (χ2n) is 5.18. The van der Waals surface area contributed by atoms with Crippen molar-refractivity contribution in [3.8, 4) is 5.75 Å². The largest absolute Gasteiger partial charge is 0.481 e. The fourth-order valence-electron chi connectivity index (χ4n) is 1.85. The number of carbonyl (C=O) groups excluding carboxylic acids is 1. The lowest BCUT2D eigenvalue weighted by Gasteiger charge is -2.16. The molecule has 1 amide bonds. The number of carbonyl (C=O) groups is 1. The maximum atomic E-state index is 12.0. The van der Waals surface area contributed by atoms with Crippen molar-refractivity contribution in [3.05, 3.63) is 33.9 Å². The minimum absolute atomic E-state index is 0.00369. The van der Waals surface area contributed by atoms with Gasteiger partial charge in [-0.05, 0) is 44.6 Å². The van der Waals surface area contributed by atoms with E-state index in [0.29, 0.717) is 24.5 Å². The molecular formula is C15H22N4O5S. The SMILES string of the molecule is COCCCNC(=S)NNC(=O)[C@H](C)Oc1ccc([N+](=O)[O-])c(C)c1. The lowest BCUT2D eigenvalue weighted by molar-refractivity contribution is -0.385. The lowest BCUT2D eigenvalue weighted by atomic mass is 10.2. The second-order valence-corrected chi connectivity index (χ2v) is 5.59. The van der Waals surface area contributed by atoms with Gasteiger partial charge in [0.05, 0.1) is 4.92 Å². The third kappa shape index (κ3) is 7.31. The molecule has 0 unspecified atom stereocenters. The van der Waals surface area contributed by atoms with E-state index in [1.807, 2.05) is 0 Å². The third-order valence-corrected chi connectivity index (χ3v) is 3.40. The summed E-state index contributed by atoms with van der Waals surface area (Å²) in [5.41, 5.74) is 5.45. The van der Waals surface area contributed by atoms with E-state index in [2.05, 4.69) is 16.2 Å². The van der Waals surface area contributed by atoms with E-state index in [9.17, 15) is 14.9 Å². The number of nitrogens with one attached hydrogen (secondary N) is 3.